The van der Waals surface area contributed by atoms with Gasteiger partial charge in [0.05, 0.1) is 13.2 Å². The number of likely N-dealkylation sites (N-methyl/N-ethyl adjacent to an activating group) is 1. The summed E-state index contributed by atoms with van der Waals surface area (Å²) < 4.78 is 5.43. The first-order valence-electron chi connectivity index (χ1n) is 7.98. The van der Waals surface area contributed by atoms with Crippen molar-refractivity contribution in [2.75, 3.05) is 20.2 Å². The molecule has 128 valence electrons. The lowest BCUT2D eigenvalue weighted by Crippen LogP contribution is -2.34. The molecule has 0 bridgehead atoms. The summed E-state index contributed by atoms with van der Waals surface area (Å²) in [6, 6.07) is 15.4. The van der Waals surface area contributed by atoms with Crippen molar-refractivity contribution in [1.82, 2.24) is 10.2 Å². The van der Waals surface area contributed by atoms with Gasteiger partial charge in [-0.05, 0) is 49.4 Å². The molecule has 0 aromatic heterocycles. The number of halogens is 1. The van der Waals surface area contributed by atoms with Crippen LogP contribution in [-0.2, 0) is 17.9 Å². The van der Waals surface area contributed by atoms with Gasteiger partial charge in [0, 0.05) is 18.1 Å². The lowest BCUT2D eigenvalue weighted by atomic mass is 10.2. The maximum absolute atomic E-state index is 12.0. The predicted octanol–water partition coefficient (Wildman–Crippen LogP) is 3.49. The van der Waals surface area contributed by atoms with Gasteiger partial charge in [0.2, 0.25) is 5.91 Å². The number of ether oxygens (including phenoxy) is 1. The largest absolute Gasteiger partial charge is 0.494 e. The van der Waals surface area contributed by atoms with Crippen LogP contribution in [0, 0.1) is 0 Å². The molecule has 0 aliphatic rings. The Bertz CT molecular complexity index is 659. The molecule has 0 spiro atoms. The van der Waals surface area contributed by atoms with Crippen LogP contribution < -0.4 is 10.1 Å². The number of hydrogen-bond acceptors (Lipinski definition) is 3. The molecule has 1 N–H and O–H groups in total. The van der Waals surface area contributed by atoms with Gasteiger partial charge in [-0.25, -0.2) is 0 Å². The minimum atomic E-state index is -0.0107. The van der Waals surface area contributed by atoms with E-state index < -0.39 is 0 Å². The molecule has 0 saturated heterocycles. The van der Waals surface area contributed by atoms with Crippen LogP contribution in [0.1, 0.15) is 18.1 Å². The van der Waals surface area contributed by atoms with E-state index in [2.05, 4.69) is 5.32 Å². The summed E-state index contributed by atoms with van der Waals surface area (Å²) in [6.45, 7) is 4.15. The van der Waals surface area contributed by atoms with Crippen molar-refractivity contribution in [3.63, 3.8) is 0 Å². The number of amides is 1. The zero-order valence-electron chi connectivity index (χ0n) is 14.1. The van der Waals surface area contributed by atoms with Crippen molar-refractivity contribution in [3.05, 3.63) is 64.7 Å². The Balaban J connectivity index is 1.76. The van der Waals surface area contributed by atoms with E-state index in [-0.39, 0.29) is 5.91 Å². The molecule has 0 radical (unpaired) electrons. The highest BCUT2D eigenvalue weighted by molar-refractivity contribution is 6.30. The van der Waals surface area contributed by atoms with Gasteiger partial charge in [-0.15, -0.1) is 0 Å². The van der Waals surface area contributed by atoms with Gasteiger partial charge in [0.25, 0.3) is 0 Å². The summed E-state index contributed by atoms with van der Waals surface area (Å²) in [7, 11) is 1.93. The lowest BCUT2D eigenvalue weighted by Gasteiger charge is -2.16. The van der Waals surface area contributed by atoms with E-state index in [9.17, 15) is 4.79 Å². The smallest absolute Gasteiger partial charge is 0.234 e. The monoisotopic (exact) mass is 346 g/mol. The van der Waals surface area contributed by atoms with Crippen molar-refractivity contribution < 1.29 is 9.53 Å². The number of nitrogens with one attached hydrogen (secondary N) is 1. The molecule has 0 atom stereocenters. The number of nitrogens with zero attached hydrogens (tertiary/aromatic N) is 1. The lowest BCUT2D eigenvalue weighted by molar-refractivity contribution is -0.122. The van der Waals surface area contributed by atoms with Crippen LogP contribution in [0.15, 0.2) is 48.5 Å². The maximum atomic E-state index is 12.0. The van der Waals surface area contributed by atoms with Crippen LogP contribution >= 0.6 is 11.6 Å². The number of hydrogen-bond donors (Lipinski definition) is 1. The van der Waals surface area contributed by atoms with Gasteiger partial charge in [-0.2, -0.15) is 0 Å². The van der Waals surface area contributed by atoms with E-state index in [4.69, 9.17) is 16.3 Å². The van der Waals surface area contributed by atoms with E-state index in [0.717, 1.165) is 16.9 Å². The van der Waals surface area contributed by atoms with Crippen molar-refractivity contribution in [1.29, 1.82) is 0 Å². The molecule has 2 aromatic carbocycles. The van der Waals surface area contributed by atoms with Crippen molar-refractivity contribution in [2.45, 2.75) is 20.0 Å². The Morgan fingerprint density at radius 3 is 2.58 bits per heavy atom. The van der Waals surface area contributed by atoms with Crippen LogP contribution in [-0.4, -0.2) is 31.0 Å². The summed E-state index contributed by atoms with van der Waals surface area (Å²) in [5.74, 6) is 0.853. The topological polar surface area (TPSA) is 41.6 Å². The molecule has 0 heterocycles. The third-order valence-corrected chi connectivity index (χ3v) is 3.71. The fourth-order valence-corrected chi connectivity index (χ4v) is 2.59. The molecule has 0 fully saturated rings. The SMILES string of the molecule is CCOc1ccc(CN(C)CC(=O)NCc2cccc(Cl)c2)cc1. The Morgan fingerprint density at radius 2 is 1.92 bits per heavy atom. The minimum absolute atomic E-state index is 0.0107. The summed E-state index contributed by atoms with van der Waals surface area (Å²) in [4.78, 5) is 14.0. The van der Waals surface area contributed by atoms with Gasteiger partial charge >= 0.3 is 0 Å². The van der Waals surface area contributed by atoms with Crippen molar-refractivity contribution in [2.24, 2.45) is 0 Å². The fourth-order valence-electron chi connectivity index (χ4n) is 2.37. The summed E-state index contributed by atoms with van der Waals surface area (Å²) in [6.07, 6.45) is 0. The summed E-state index contributed by atoms with van der Waals surface area (Å²) in [5, 5.41) is 3.58. The minimum Gasteiger partial charge on any atom is -0.494 e. The first kappa shape index (κ1) is 18.3. The molecule has 2 aromatic rings. The third kappa shape index (κ3) is 6.22. The molecular formula is C19H23ClN2O2. The summed E-state index contributed by atoms with van der Waals surface area (Å²) in [5.41, 5.74) is 2.13. The number of rotatable bonds is 8. The standard InChI is InChI=1S/C19H23ClN2O2/c1-3-24-18-9-7-15(8-10-18)13-22(2)14-19(23)21-12-16-5-4-6-17(20)11-16/h4-11H,3,12-14H2,1-2H3,(H,21,23). The highest BCUT2D eigenvalue weighted by Crippen LogP contribution is 2.13. The van der Waals surface area contributed by atoms with E-state index in [1.54, 1.807) is 0 Å². The molecule has 1 amide bonds. The normalized spacial score (nSPS) is 10.7. The average Bonchev–Trinajstić information content (AvgIpc) is 2.55. The van der Waals surface area contributed by atoms with Crippen LogP contribution in [0.3, 0.4) is 0 Å². The van der Waals surface area contributed by atoms with Crippen LogP contribution in [0.4, 0.5) is 0 Å². The van der Waals surface area contributed by atoms with Gasteiger partial charge < -0.3 is 10.1 Å². The van der Waals surface area contributed by atoms with Gasteiger partial charge in [0.1, 0.15) is 5.75 Å². The second-order valence-corrected chi connectivity index (χ2v) is 6.09. The highest BCUT2D eigenvalue weighted by Gasteiger charge is 2.07. The van der Waals surface area contributed by atoms with Gasteiger partial charge in [-0.3, -0.25) is 9.69 Å². The fraction of sp³-hybridized carbons (Fsp3) is 0.316. The Hall–Kier alpha value is -2.04. The van der Waals surface area contributed by atoms with Crippen LogP contribution in [0.25, 0.3) is 0 Å². The van der Waals surface area contributed by atoms with E-state index in [0.29, 0.717) is 31.3 Å². The zero-order valence-corrected chi connectivity index (χ0v) is 14.8. The molecule has 2 rings (SSSR count). The maximum Gasteiger partial charge on any atom is 0.234 e. The van der Waals surface area contributed by atoms with Crippen LogP contribution in [0.2, 0.25) is 5.02 Å². The second kappa shape index (κ2) is 9.30. The molecule has 0 saturated carbocycles. The zero-order chi connectivity index (χ0) is 17.4. The van der Waals surface area contributed by atoms with E-state index in [1.165, 1.54) is 0 Å². The molecule has 0 aliphatic heterocycles. The molecule has 5 heteroatoms. The molecule has 0 unspecified atom stereocenters. The number of carbonyl (C=O) groups excluding carboxylic acids is 1. The average molecular weight is 347 g/mol. The Labute approximate surface area is 148 Å². The van der Waals surface area contributed by atoms with Gasteiger partial charge in [-0.1, -0.05) is 35.9 Å². The van der Waals surface area contributed by atoms with E-state index >= 15 is 0 Å². The second-order valence-electron chi connectivity index (χ2n) is 5.66. The first-order valence-corrected chi connectivity index (χ1v) is 8.36. The first-order chi connectivity index (χ1) is 11.6. The van der Waals surface area contributed by atoms with Crippen molar-refractivity contribution >= 4 is 17.5 Å². The Morgan fingerprint density at radius 1 is 1.17 bits per heavy atom. The quantitative estimate of drug-likeness (QED) is 0.795. The number of benzene rings is 2. The number of carbonyl (C=O) groups is 1. The van der Waals surface area contributed by atoms with Crippen molar-refractivity contribution in [3.8, 4) is 5.75 Å². The highest BCUT2D eigenvalue weighted by atomic mass is 35.5. The third-order valence-electron chi connectivity index (χ3n) is 3.48. The van der Waals surface area contributed by atoms with E-state index in [1.807, 2.05) is 67.4 Å². The predicted molar refractivity (Wildman–Crippen MR) is 97.2 cm³/mol. The molecule has 0 aliphatic carbocycles. The molecular weight excluding hydrogens is 324 g/mol. The Kier molecular flexibility index (Phi) is 7.09. The molecule has 4 nitrogen and oxygen atoms in total. The van der Waals surface area contributed by atoms with Crippen LogP contribution in [0.5, 0.6) is 5.75 Å². The van der Waals surface area contributed by atoms with Gasteiger partial charge in [0.15, 0.2) is 0 Å². The molecule has 24 heavy (non-hydrogen) atoms. The summed E-state index contributed by atoms with van der Waals surface area (Å²) >= 11 is 5.94.